The number of carbonyl (C=O) groups is 1. The summed E-state index contributed by atoms with van der Waals surface area (Å²) < 4.78 is 5.85. The summed E-state index contributed by atoms with van der Waals surface area (Å²) in [6, 6.07) is 27.6. The number of para-hydroxylation sites is 1. The second kappa shape index (κ2) is 11.1. The van der Waals surface area contributed by atoms with Gasteiger partial charge in [-0.1, -0.05) is 48.5 Å². The Balaban J connectivity index is 1.32. The Morgan fingerprint density at radius 2 is 1.71 bits per heavy atom. The molecule has 0 saturated heterocycles. The van der Waals surface area contributed by atoms with Crippen LogP contribution in [-0.2, 0) is 11.4 Å². The topological polar surface area (TPSA) is 93.8 Å². The molecular formula is C26H21N3O4S. The van der Waals surface area contributed by atoms with Crippen LogP contribution in [0.2, 0.25) is 0 Å². The van der Waals surface area contributed by atoms with Crippen molar-refractivity contribution < 1.29 is 14.5 Å². The number of nitrogens with zero attached hydrogens (tertiary/aromatic N) is 2. The predicted molar refractivity (Wildman–Crippen MR) is 134 cm³/mol. The van der Waals surface area contributed by atoms with Crippen molar-refractivity contribution in [1.29, 1.82) is 0 Å². The van der Waals surface area contributed by atoms with Crippen molar-refractivity contribution in [3.63, 3.8) is 0 Å². The molecule has 0 saturated carbocycles. The molecule has 0 fully saturated rings. The van der Waals surface area contributed by atoms with Crippen molar-refractivity contribution in [3.8, 4) is 5.75 Å². The minimum absolute atomic E-state index is 0.0330. The van der Waals surface area contributed by atoms with E-state index in [0.717, 1.165) is 21.2 Å². The van der Waals surface area contributed by atoms with Gasteiger partial charge in [-0.25, -0.2) is 5.43 Å². The average Bonchev–Trinajstić information content (AvgIpc) is 2.87. The molecule has 0 aliphatic rings. The zero-order valence-electron chi connectivity index (χ0n) is 18.1. The zero-order chi connectivity index (χ0) is 23.8. The van der Waals surface area contributed by atoms with E-state index in [1.54, 1.807) is 18.2 Å². The third-order valence-corrected chi connectivity index (χ3v) is 6.04. The summed E-state index contributed by atoms with van der Waals surface area (Å²) in [5.74, 6) is 0.617. The molecule has 34 heavy (non-hydrogen) atoms. The van der Waals surface area contributed by atoms with Crippen molar-refractivity contribution in [3.05, 3.63) is 112 Å². The van der Waals surface area contributed by atoms with Crippen molar-refractivity contribution in [1.82, 2.24) is 5.43 Å². The van der Waals surface area contributed by atoms with E-state index in [2.05, 4.69) is 10.5 Å². The molecule has 0 aromatic heterocycles. The van der Waals surface area contributed by atoms with Gasteiger partial charge in [-0.2, -0.15) is 5.10 Å². The van der Waals surface area contributed by atoms with E-state index >= 15 is 0 Å². The van der Waals surface area contributed by atoms with Gasteiger partial charge in [0.25, 0.3) is 5.69 Å². The molecule has 0 aliphatic heterocycles. The maximum atomic E-state index is 12.3. The Morgan fingerprint density at radius 1 is 0.971 bits per heavy atom. The fraction of sp³-hybridized carbons (Fsp3) is 0.0769. The van der Waals surface area contributed by atoms with Crippen LogP contribution in [0.4, 0.5) is 5.69 Å². The van der Waals surface area contributed by atoms with Gasteiger partial charge in [0.1, 0.15) is 12.4 Å². The fourth-order valence-corrected chi connectivity index (χ4v) is 4.13. The third kappa shape index (κ3) is 5.99. The minimum atomic E-state index is -0.439. The van der Waals surface area contributed by atoms with E-state index in [4.69, 9.17) is 4.74 Å². The molecule has 1 amide bonds. The number of carbonyl (C=O) groups excluding carboxylic acids is 1. The molecule has 4 rings (SSSR count). The van der Waals surface area contributed by atoms with Gasteiger partial charge < -0.3 is 4.74 Å². The molecule has 0 bridgehead atoms. The summed E-state index contributed by atoms with van der Waals surface area (Å²) >= 11 is 1.46. The molecule has 0 aliphatic carbocycles. The predicted octanol–water partition coefficient (Wildman–Crippen LogP) is 5.57. The van der Waals surface area contributed by atoms with Crippen LogP contribution in [0.3, 0.4) is 0 Å². The molecule has 0 radical (unpaired) electrons. The monoisotopic (exact) mass is 471 g/mol. The van der Waals surface area contributed by atoms with Crippen molar-refractivity contribution in [2.24, 2.45) is 5.10 Å². The highest BCUT2D eigenvalue weighted by Gasteiger charge is 2.07. The number of thioether (sulfide) groups is 1. The number of ether oxygens (including phenoxy) is 1. The van der Waals surface area contributed by atoms with Crippen LogP contribution in [-0.4, -0.2) is 22.8 Å². The SMILES string of the molecule is O=C(CSc1cccc2ccccc12)NN=Cc1ccccc1OCc1ccc([N+](=O)[O-])cc1. The smallest absolute Gasteiger partial charge is 0.269 e. The lowest BCUT2D eigenvalue weighted by Crippen LogP contribution is -2.19. The number of amides is 1. The van der Waals surface area contributed by atoms with E-state index in [1.165, 1.54) is 30.1 Å². The molecule has 8 heteroatoms. The van der Waals surface area contributed by atoms with E-state index in [9.17, 15) is 14.9 Å². The molecule has 170 valence electrons. The summed E-state index contributed by atoms with van der Waals surface area (Å²) in [5.41, 5.74) is 4.09. The van der Waals surface area contributed by atoms with E-state index < -0.39 is 4.92 Å². The third-order valence-electron chi connectivity index (χ3n) is 4.96. The molecule has 4 aromatic rings. The number of non-ortho nitro benzene ring substituents is 1. The summed E-state index contributed by atoms with van der Waals surface area (Å²) in [4.78, 5) is 23.7. The summed E-state index contributed by atoms with van der Waals surface area (Å²) in [7, 11) is 0. The van der Waals surface area contributed by atoms with Gasteiger partial charge in [0.05, 0.1) is 16.9 Å². The fourth-order valence-electron chi connectivity index (χ4n) is 3.26. The minimum Gasteiger partial charge on any atom is -0.488 e. The Morgan fingerprint density at radius 3 is 2.53 bits per heavy atom. The van der Waals surface area contributed by atoms with Gasteiger partial charge in [-0.15, -0.1) is 11.8 Å². The molecule has 1 N–H and O–H groups in total. The molecule has 0 spiro atoms. The van der Waals surface area contributed by atoms with Gasteiger partial charge in [-0.05, 0) is 46.7 Å². The highest BCUT2D eigenvalue weighted by molar-refractivity contribution is 8.00. The molecule has 4 aromatic carbocycles. The van der Waals surface area contributed by atoms with E-state index in [-0.39, 0.29) is 24.0 Å². The number of fused-ring (bicyclic) bond motifs is 1. The number of nitro groups is 1. The molecule has 0 heterocycles. The second-order valence-corrected chi connectivity index (χ2v) is 8.33. The maximum Gasteiger partial charge on any atom is 0.269 e. The van der Waals surface area contributed by atoms with Gasteiger partial charge in [-0.3, -0.25) is 14.9 Å². The quantitative estimate of drug-likeness (QED) is 0.149. The van der Waals surface area contributed by atoms with Crippen LogP contribution in [0.5, 0.6) is 5.75 Å². The maximum absolute atomic E-state index is 12.3. The second-order valence-electron chi connectivity index (χ2n) is 7.31. The summed E-state index contributed by atoms with van der Waals surface area (Å²) in [6.07, 6.45) is 1.53. The van der Waals surface area contributed by atoms with Crippen LogP contribution >= 0.6 is 11.8 Å². The average molecular weight is 472 g/mol. The number of nitrogens with one attached hydrogen (secondary N) is 1. The van der Waals surface area contributed by atoms with Crippen LogP contribution in [0, 0.1) is 10.1 Å². The van der Waals surface area contributed by atoms with Crippen LogP contribution in [0.1, 0.15) is 11.1 Å². The molecular weight excluding hydrogens is 450 g/mol. The number of hydrazone groups is 1. The largest absolute Gasteiger partial charge is 0.488 e. The molecule has 7 nitrogen and oxygen atoms in total. The van der Waals surface area contributed by atoms with Crippen LogP contribution in [0.25, 0.3) is 10.8 Å². The first-order valence-corrected chi connectivity index (χ1v) is 11.5. The highest BCUT2D eigenvalue weighted by Crippen LogP contribution is 2.27. The molecule has 0 atom stereocenters. The number of benzene rings is 4. The lowest BCUT2D eigenvalue weighted by atomic mass is 10.1. The number of nitro benzene ring substituents is 1. The van der Waals surface area contributed by atoms with Gasteiger partial charge >= 0.3 is 0 Å². The lowest BCUT2D eigenvalue weighted by molar-refractivity contribution is -0.384. The standard InChI is InChI=1S/C26H21N3O4S/c30-26(18-34-25-11-5-8-20-6-1-3-9-23(20)25)28-27-16-21-7-2-4-10-24(21)33-17-19-12-14-22(15-13-19)29(31)32/h1-16H,17-18H2,(H,28,30). The molecule has 0 unspecified atom stereocenters. The Bertz CT molecular complexity index is 1330. The van der Waals surface area contributed by atoms with Gasteiger partial charge in [0.2, 0.25) is 5.91 Å². The van der Waals surface area contributed by atoms with E-state index in [1.807, 2.05) is 60.7 Å². The Kier molecular flexibility index (Phi) is 7.52. The van der Waals surface area contributed by atoms with Crippen LogP contribution in [0.15, 0.2) is 101 Å². The summed E-state index contributed by atoms with van der Waals surface area (Å²) in [6.45, 7) is 0.247. The number of hydrogen-bond acceptors (Lipinski definition) is 6. The normalized spacial score (nSPS) is 10.9. The number of rotatable bonds is 9. The van der Waals surface area contributed by atoms with Crippen molar-refractivity contribution >= 4 is 40.3 Å². The van der Waals surface area contributed by atoms with Crippen molar-refractivity contribution in [2.75, 3.05) is 5.75 Å². The zero-order valence-corrected chi connectivity index (χ0v) is 18.9. The number of hydrogen-bond donors (Lipinski definition) is 1. The first-order chi connectivity index (χ1) is 16.6. The highest BCUT2D eigenvalue weighted by atomic mass is 32.2. The van der Waals surface area contributed by atoms with Gasteiger partial charge in [0, 0.05) is 22.6 Å². The summed E-state index contributed by atoms with van der Waals surface area (Å²) in [5, 5.41) is 17.1. The van der Waals surface area contributed by atoms with Crippen LogP contribution < -0.4 is 10.2 Å². The van der Waals surface area contributed by atoms with Gasteiger partial charge in [0.15, 0.2) is 0 Å². The Hall–Kier alpha value is -4.17. The first-order valence-electron chi connectivity index (χ1n) is 10.5. The van der Waals surface area contributed by atoms with E-state index in [0.29, 0.717) is 11.3 Å². The van der Waals surface area contributed by atoms with Crippen molar-refractivity contribution in [2.45, 2.75) is 11.5 Å². The Labute approximate surface area is 200 Å². The first kappa shape index (κ1) is 23.0. The lowest BCUT2D eigenvalue weighted by Gasteiger charge is -2.09.